The topological polar surface area (TPSA) is 62.3 Å². The summed E-state index contributed by atoms with van der Waals surface area (Å²) in [6.45, 7) is 10.2. The molecule has 24 heavy (non-hydrogen) atoms. The Kier molecular flexibility index (Phi) is 7.17. The van der Waals surface area contributed by atoms with Gasteiger partial charge in [0.2, 0.25) is 5.95 Å². The van der Waals surface area contributed by atoms with Gasteiger partial charge in [0.25, 0.3) is 0 Å². The monoisotopic (exact) mass is 351 g/mol. The van der Waals surface area contributed by atoms with E-state index in [2.05, 4.69) is 39.3 Å². The zero-order valence-electron chi connectivity index (χ0n) is 15.1. The van der Waals surface area contributed by atoms with Crippen molar-refractivity contribution in [3.05, 3.63) is 11.8 Å². The van der Waals surface area contributed by atoms with E-state index in [-0.39, 0.29) is 0 Å². The zero-order chi connectivity index (χ0) is 17.5. The molecule has 0 saturated carbocycles. The summed E-state index contributed by atoms with van der Waals surface area (Å²) in [5.74, 6) is 2.90. The van der Waals surface area contributed by atoms with Crippen molar-refractivity contribution in [1.29, 1.82) is 0 Å². The van der Waals surface area contributed by atoms with Gasteiger partial charge in [-0.15, -0.1) is 0 Å². The number of rotatable bonds is 6. The minimum atomic E-state index is 0.544. The first-order chi connectivity index (χ1) is 11.5. The van der Waals surface area contributed by atoms with Crippen LogP contribution < -0.4 is 15.5 Å². The quantitative estimate of drug-likeness (QED) is 0.603. The molecule has 0 spiro atoms. The van der Waals surface area contributed by atoms with E-state index in [4.69, 9.17) is 17.0 Å². The van der Waals surface area contributed by atoms with Crippen molar-refractivity contribution in [3.8, 4) is 0 Å². The normalized spacial score (nSPS) is 20.8. The molecule has 2 atom stereocenters. The van der Waals surface area contributed by atoms with Crippen LogP contribution in [0, 0.1) is 18.8 Å². The molecule has 0 unspecified atom stereocenters. The highest BCUT2D eigenvalue weighted by atomic mass is 32.1. The molecule has 134 valence electrons. The van der Waals surface area contributed by atoms with E-state index in [0.717, 1.165) is 37.6 Å². The summed E-state index contributed by atoms with van der Waals surface area (Å²) < 4.78 is 5.02. The van der Waals surface area contributed by atoms with E-state index >= 15 is 0 Å². The number of piperidine rings is 1. The fourth-order valence-corrected chi connectivity index (χ4v) is 3.38. The van der Waals surface area contributed by atoms with Crippen molar-refractivity contribution >= 4 is 29.1 Å². The molecule has 1 aliphatic heterocycles. The van der Waals surface area contributed by atoms with Crippen molar-refractivity contribution in [2.45, 2.75) is 33.6 Å². The predicted molar refractivity (Wildman–Crippen MR) is 103 cm³/mol. The van der Waals surface area contributed by atoms with Crippen LogP contribution in [0.3, 0.4) is 0 Å². The Hall–Kier alpha value is -1.47. The Balaban J connectivity index is 1.99. The fraction of sp³-hybridized carbons (Fsp3) is 0.706. The highest BCUT2D eigenvalue weighted by molar-refractivity contribution is 7.80. The van der Waals surface area contributed by atoms with Gasteiger partial charge in [-0.3, -0.25) is 0 Å². The second kappa shape index (κ2) is 9.13. The molecule has 2 rings (SSSR count). The van der Waals surface area contributed by atoms with Gasteiger partial charge in [-0.2, -0.15) is 4.98 Å². The fourth-order valence-electron chi connectivity index (χ4n) is 3.18. The first-order valence-electron chi connectivity index (χ1n) is 8.62. The molecule has 0 aliphatic carbocycles. The molecule has 1 saturated heterocycles. The van der Waals surface area contributed by atoms with Gasteiger partial charge >= 0.3 is 0 Å². The van der Waals surface area contributed by atoms with Gasteiger partial charge in [0.15, 0.2) is 5.11 Å². The van der Waals surface area contributed by atoms with Crippen LogP contribution >= 0.6 is 12.2 Å². The summed E-state index contributed by atoms with van der Waals surface area (Å²) in [5, 5.41) is 6.78. The number of ether oxygens (including phenoxy) is 1. The van der Waals surface area contributed by atoms with Crippen LogP contribution in [0.2, 0.25) is 0 Å². The number of hydrogen-bond donors (Lipinski definition) is 2. The molecule has 7 heteroatoms. The third kappa shape index (κ3) is 5.87. The highest BCUT2D eigenvalue weighted by Crippen LogP contribution is 2.25. The van der Waals surface area contributed by atoms with E-state index in [1.54, 1.807) is 7.11 Å². The van der Waals surface area contributed by atoms with E-state index in [1.807, 2.05) is 13.0 Å². The molecule has 0 radical (unpaired) electrons. The Morgan fingerprint density at radius 3 is 2.71 bits per heavy atom. The molecule has 6 nitrogen and oxygen atoms in total. The average Bonchev–Trinajstić information content (AvgIpc) is 2.50. The van der Waals surface area contributed by atoms with Gasteiger partial charge < -0.3 is 20.3 Å². The summed E-state index contributed by atoms with van der Waals surface area (Å²) in [6, 6.07) is 2.05. The van der Waals surface area contributed by atoms with Crippen LogP contribution in [0.25, 0.3) is 0 Å². The van der Waals surface area contributed by atoms with E-state index in [9.17, 15) is 0 Å². The molecular weight excluding hydrogens is 322 g/mol. The van der Waals surface area contributed by atoms with Crippen molar-refractivity contribution in [2.75, 3.05) is 43.6 Å². The largest absolute Gasteiger partial charge is 0.385 e. The van der Waals surface area contributed by atoms with Gasteiger partial charge in [0.05, 0.1) is 0 Å². The summed E-state index contributed by atoms with van der Waals surface area (Å²) in [5.41, 5.74) is 0.940. The van der Waals surface area contributed by atoms with Crippen molar-refractivity contribution in [1.82, 2.24) is 15.3 Å². The van der Waals surface area contributed by atoms with Crippen LogP contribution in [-0.4, -0.2) is 48.4 Å². The second-order valence-electron chi connectivity index (χ2n) is 6.77. The molecular formula is C17H29N5OS. The number of methoxy groups -OCH3 is 1. The molecule has 1 fully saturated rings. The third-order valence-corrected chi connectivity index (χ3v) is 4.32. The molecule has 0 amide bonds. The lowest BCUT2D eigenvalue weighted by atomic mass is 9.92. The molecule has 1 aliphatic rings. The maximum absolute atomic E-state index is 5.31. The van der Waals surface area contributed by atoms with Crippen molar-refractivity contribution in [3.63, 3.8) is 0 Å². The van der Waals surface area contributed by atoms with Crippen LogP contribution in [0.5, 0.6) is 0 Å². The standard InChI is InChI=1S/C17H29N5OS/c1-12-8-13(2)11-22(10-12)15-9-14(3)19-16(20-15)21-17(24)18-6-5-7-23-4/h9,12-13H,5-8,10-11H2,1-4H3,(H2,18,19,20,21,24)/t12-,13+. The summed E-state index contributed by atoms with van der Waals surface area (Å²) in [4.78, 5) is 11.5. The number of nitrogens with one attached hydrogen (secondary N) is 2. The highest BCUT2D eigenvalue weighted by Gasteiger charge is 2.23. The minimum absolute atomic E-state index is 0.544. The minimum Gasteiger partial charge on any atom is -0.385 e. The lowest BCUT2D eigenvalue weighted by molar-refractivity contribution is 0.196. The molecule has 0 bridgehead atoms. The third-order valence-electron chi connectivity index (χ3n) is 4.07. The van der Waals surface area contributed by atoms with Crippen molar-refractivity contribution < 1.29 is 4.74 Å². The number of anilines is 2. The summed E-state index contributed by atoms with van der Waals surface area (Å²) in [6.07, 6.45) is 2.18. The van der Waals surface area contributed by atoms with Crippen LogP contribution in [0.1, 0.15) is 32.4 Å². The number of aromatic nitrogens is 2. The lowest BCUT2D eigenvalue weighted by Gasteiger charge is -2.36. The Morgan fingerprint density at radius 1 is 1.33 bits per heavy atom. The maximum atomic E-state index is 5.31. The molecule has 0 aromatic carbocycles. The average molecular weight is 352 g/mol. The van der Waals surface area contributed by atoms with E-state index in [0.29, 0.717) is 29.5 Å². The number of aryl methyl sites for hydroxylation is 1. The summed E-state index contributed by atoms with van der Waals surface area (Å²) >= 11 is 5.31. The Morgan fingerprint density at radius 2 is 2.04 bits per heavy atom. The van der Waals surface area contributed by atoms with Gasteiger partial charge in [-0.05, 0) is 43.8 Å². The van der Waals surface area contributed by atoms with Gasteiger partial charge in [-0.25, -0.2) is 4.98 Å². The molecule has 1 aromatic heterocycles. The van der Waals surface area contributed by atoms with Crippen LogP contribution in [-0.2, 0) is 4.74 Å². The first kappa shape index (κ1) is 18.9. The first-order valence-corrected chi connectivity index (χ1v) is 9.03. The van der Waals surface area contributed by atoms with Gasteiger partial charge in [0, 0.05) is 45.1 Å². The van der Waals surface area contributed by atoms with Crippen molar-refractivity contribution in [2.24, 2.45) is 11.8 Å². The maximum Gasteiger partial charge on any atom is 0.231 e. The lowest BCUT2D eigenvalue weighted by Crippen LogP contribution is -2.39. The number of hydrogen-bond acceptors (Lipinski definition) is 5. The van der Waals surface area contributed by atoms with E-state index < -0.39 is 0 Å². The van der Waals surface area contributed by atoms with Gasteiger partial charge in [-0.1, -0.05) is 13.8 Å². The SMILES string of the molecule is COCCCNC(=S)Nc1nc(C)cc(N2C[C@H](C)C[C@H](C)C2)n1. The predicted octanol–water partition coefficient (Wildman–Crippen LogP) is 2.59. The molecule has 1 aromatic rings. The molecule has 2 heterocycles. The smallest absolute Gasteiger partial charge is 0.231 e. The number of nitrogens with zero attached hydrogens (tertiary/aromatic N) is 3. The Bertz CT molecular complexity index is 544. The molecule has 2 N–H and O–H groups in total. The number of thiocarbonyl (C=S) groups is 1. The Labute approximate surface area is 150 Å². The second-order valence-corrected chi connectivity index (χ2v) is 7.18. The van der Waals surface area contributed by atoms with E-state index in [1.165, 1.54) is 6.42 Å². The van der Waals surface area contributed by atoms with Gasteiger partial charge in [0.1, 0.15) is 5.82 Å². The zero-order valence-corrected chi connectivity index (χ0v) is 15.9. The summed E-state index contributed by atoms with van der Waals surface area (Å²) in [7, 11) is 1.70. The van der Waals surface area contributed by atoms with Crippen LogP contribution in [0.4, 0.5) is 11.8 Å². The van der Waals surface area contributed by atoms with Crippen LogP contribution in [0.15, 0.2) is 6.07 Å².